The molecule has 1 aromatic carbocycles. The largest absolute Gasteiger partial charge is 0.444 e. The van der Waals surface area contributed by atoms with Gasteiger partial charge in [-0.15, -0.1) is 0 Å². The highest BCUT2D eigenvalue weighted by atomic mass is 16.6. The summed E-state index contributed by atoms with van der Waals surface area (Å²) in [4.78, 5) is 26.5. The summed E-state index contributed by atoms with van der Waals surface area (Å²) in [5.74, 6) is 1.09. The van der Waals surface area contributed by atoms with Crippen molar-refractivity contribution in [1.82, 2.24) is 30.0 Å². The first-order chi connectivity index (χ1) is 15.4. The summed E-state index contributed by atoms with van der Waals surface area (Å²) in [5.41, 5.74) is 3.38. The molecule has 0 atom stereocenters. The second-order valence-electron chi connectivity index (χ2n) is 9.25. The van der Waals surface area contributed by atoms with Crippen molar-refractivity contribution in [2.45, 2.75) is 45.1 Å². The van der Waals surface area contributed by atoms with Gasteiger partial charge in [0.05, 0.1) is 17.1 Å². The van der Waals surface area contributed by atoms with Gasteiger partial charge < -0.3 is 19.9 Å². The number of H-pyrrole nitrogens is 2. The first-order valence-electron chi connectivity index (χ1n) is 10.9. The zero-order chi connectivity index (χ0) is 22.3. The fraction of sp³-hybridized carbons (Fsp3) is 0.391. The number of carbonyl (C=O) groups excluding carboxylic acids is 1. The number of aromatic amines is 2. The average molecular weight is 434 g/mol. The Kier molecular flexibility index (Phi) is 4.96. The van der Waals surface area contributed by atoms with Crippen LogP contribution < -0.4 is 5.32 Å². The fourth-order valence-electron chi connectivity index (χ4n) is 4.14. The molecule has 4 aromatic rings. The topological polar surface area (TPSA) is 112 Å². The van der Waals surface area contributed by atoms with Crippen LogP contribution >= 0.6 is 0 Å². The molecule has 3 aromatic heterocycles. The molecule has 0 saturated carbocycles. The number of carbonyl (C=O) groups is 1. The Morgan fingerprint density at radius 1 is 1.19 bits per heavy atom. The lowest BCUT2D eigenvalue weighted by molar-refractivity contribution is 0.0204. The number of amides is 1. The summed E-state index contributed by atoms with van der Waals surface area (Å²) in [5, 5.41) is 12.4. The van der Waals surface area contributed by atoms with E-state index in [4.69, 9.17) is 4.74 Å². The van der Waals surface area contributed by atoms with E-state index in [9.17, 15) is 4.79 Å². The van der Waals surface area contributed by atoms with E-state index in [1.165, 1.54) is 0 Å². The van der Waals surface area contributed by atoms with Crippen molar-refractivity contribution in [3.05, 3.63) is 42.5 Å². The third-order valence-corrected chi connectivity index (χ3v) is 5.74. The van der Waals surface area contributed by atoms with E-state index in [0.29, 0.717) is 19.0 Å². The van der Waals surface area contributed by atoms with Gasteiger partial charge >= 0.3 is 6.09 Å². The maximum Gasteiger partial charge on any atom is 0.410 e. The van der Waals surface area contributed by atoms with Gasteiger partial charge in [0.2, 0.25) is 0 Å². The van der Waals surface area contributed by atoms with Crippen LogP contribution in [0.2, 0.25) is 0 Å². The third kappa shape index (κ3) is 4.10. The molecule has 0 bridgehead atoms. The number of nitrogens with one attached hydrogen (secondary N) is 3. The lowest BCUT2D eigenvalue weighted by atomic mass is 9.94. The molecule has 0 aliphatic carbocycles. The quantitative estimate of drug-likeness (QED) is 0.432. The second kappa shape index (κ2) is 7.81. The van der Waals surface area contributed by atoms with Gasteiger partial charge in [-0.05, 0) is 57.9 Å². The Hall–Kier alpha value is -3.62. The SMILES string of the molecule is CC(C)(C)OC(=O)N1CCC(c2cc3c(Nc4ccc5[nH]ncc5c4)ncnc3[nH]2)CC1. The number of hydrogen-bond donors (Lipinski definition) is 3. The average Bonchev–Trinajstić information content (AvgIpc) is 3.40. The number of benzene rings is 1. The van der Waals surface area contributed by atoms with Crippen molar-refractivity contribution in [3.8, 4) is 0 Å². The van der Waals surface area contributed by atoms with E-state index in [1.807, 2.05) is 39.0 Å². The van der Waals surface area contributed by atoms with Gasteiger partial charge in [-0.2, -0.15) is 5.10 Å². The monoisotopic (exact) mass is 433 g/mol. The summed E-state index contributed by atoms with van der Waals surface area (Å²) in [6.45, 7) is 7.03. The van der Waals surface area contributed by atoms with Gasteiger partial charge in [-0.25, -0.2) is 14.8 Å². The second-order valence-corrected chi connectivity index (χ2v) is 9.25. The smallest absolute Gasteiger partial charge is 0.410 e. The summed E-state index contributed by atoms with van der Waals surface area (Å²) >= 11 is 0. The van der Waals surface area contributed by atoms with Crippen molar-refractivity contribution >= 4 is 39.5 Å². The number of hydrogen-bond acceptors (Lipinski definition) is 6. The third-order valence-electron chi connectivity index (χ3n) is 5.74. The van der Waals surface area contributed by atoms with Crippen LogP contribution in [-0.2, 0) is 4.74 Å². The van der Waals surface area contributed by atoms with Gasteiger partial charge in [0.25, 0.3) is 0 Å². The molecule has 4 heterocycles. The maximum absolute atomic E-state index is 12.3. The summed E-state index contributed by atoms with van der Waals surface area (Å²) < 4.78 is 5.51. The van der Waals surface area contributed by atoms with Crippen molar-refractivity contribution in [1.29, 1.82) is 0 Å². The number of rotatable bonds is 3. The molecule has 1 amide bonds. The normalized spacial score (nSPS) is 15.4. The van der Waals surface area contributed by atoms with Crippen LogP contribution in [-0.4, -0.2) is 54.8 Å². The molecular formula is C23H27N7O2. The molecule has 1 aliphatic rings. The van der Waals surface area contributed by atoms with Gasteiger partial charge in [-0.3, -0.25) is 5.10 Å². The molecule has 9 nitrogen and oxygen atoms in total. The van der Waals surface area contributed by atoms with Gasteiger partial charge in [0, 0.05) is 35.8 Å². The number of ether oxygens (including phenoxy) is 1. The molecule has 1 aliphatic heterocycles. The number of aromatic nitrogens is 5. The number of anilines is 2. The molecule has 9 heteroatoms. The summed E-state index contributed by atoms with van der Waals surface area (Å²) in [7, 11) is 0. The molecule has 0 spiro atoms. The van der Waals surface area contributed by atoms with Crippen molar-refractivity contribution < 1.29 is 9.53 Å². The molecule has 0 unspecified atom stereocenters. The molecule has 5 rings (SSSR count). The predicted octanol–water partition coefficient (Wildman–Crippen LogP) is 4.69. The summed E-state index contributed by atoms with van der Waals surface area (Å²) in [6, 6.07) is 8.15. The first-order valence-corrected chi connectivity index (χ1v) is 10.9. The van der Waals surface area contributed by atoms with Crippen LogP contribution in [0.4, 0.5) is 16.3 Å². The standard InChI is InChI=1S/C23H27N7O2/c1-23(2,3)32-22(31)30-8-6-14(7-9-30)19-11-17-20(24-13-25-21(17)28-19)27-16-4-5-18-15(10-16)12-26-29-18/h4-5,10-14H,6-9H2,1-3H3,(H,26,29)(H2,24,25,27,28). The first kappa shape index (κ1) is 20.3. The van der Waals surface area contributed by atoms with Crippen molar-refractivity contribution in [3.63, 3.8) is 0 Å². The van der Waals surface area contributed by atoms with Crippen molar-refractivity contribution in [2.24, 2.45) is 0 Å². The highest BCUT2D eigenvalue weighted by molar-refractivity contribution is 5.91. The maximum atomic E-state index is 12.3. The number of fused-ring (bicyclic) bond motifs is 2. The van der Waals surface area contributed by atoms with E-state index in [1.54, 1.807) is 17.4 Å². The minimum absolute atomic E-state index is 0.237. The highest BCUT2D eigenvalue weighted by Crippen LogP contribution is 2.32. The molecule has 1 saturated heterocycles. The van der Waals surface area contributed by atoms with Crippen LogP contribution in [0.25, 0.3) is 21.9 Å². The Labute approximate surface area is 185 Å². The van der Waals surface area contributed by atoms with Crippen LogP contribution in [0.5, 0.6) is 0 Å². The van der Waals surface area contributed by atoms with Crippen LogP contribution in [0.1, 0.15) is 45.2 Å². The van der Waals surface area contributed by atoms with Crippen molar-refractivity contribution in [2.75, 3.05) is 18.4 Å². The number of piperidine rings is 1. The molecule has 1 fully saturated rings. The van der Waals surface area contributed by atoms with E-state index < -0.39 is 5.60 Å². The highest BCUT2D eigenvalue weighted by Gasteiger charge is 2.28. The summed E-state index contributed by atoms with van der Waals surface area (Å²) in [6.07, 6.45) is 4.87. The lowest BCUT2D eigenvalue weighted by Crippen LogP contribution is -2.41. The van der Waals surface area contributed by atoms with E-state index in [2.05, 4.69) is 36.5 Å². The van der Waals surface area contributed by atoms with Crippen LogP contribution in [0, 0.1) is 0 Å². The molecule has 0 radical (unpaired) electrons. The lowest BCUT2D eigenvalue weighted by Gasteiger charge is -2.33. The van der Waals surface area contributed by atoms with Gasteiger partial charge in [-0.1, -0.05) is 0 Å². The van der Waals surface area contributed by atoms with Gasteiger partial charge in [0.1, 0.15) is 23.4 Å². The van der Waals surface area contributed by atoms with E-state index in [0.717, 1.165) is 52.0 Å². The van der Waals surface area contributed by atoms with Gasteiger partial charge in [0.15, 0.2) is 0 Å². The minimum Gasteiger partial charge on any atom is -0.444 e. The zero-order valence-electron chi connectivity index (χ0n) is 18.5. The Bertz CT molecular complexity index is 1260. The van der Waals surface area contributed by atoms with Crippen LogP contribution in [0.3, 0.4) is 0 Å². The Morgan fingerprint density at radius 3 is 2.78 bits per heavy atom. The fourth-order valence-corrected chi connectivity index (χ4v) is 4.14. The molecular weight excluding hydrogens is 406 g/mol. The number of nitrogens with zero attached hydrogens (tertiary/aromatic N) is 4. The molecule has 3 N–H and O–H groups in total. The predicted molar refractivity (Wildman–Crippen MR) is 123 cm³/mol. The Morgan fingerprint density at radius 2 is 2.00 bits per heavy atom. The van der Waals surface area contributed by atoms with Crippen LogP contribution in [0.15, 0.2) is 36.8 Å². The number of likely N-dealkylation sites (tertiary alicyclic amines) is 1. The molecule has 166 valence electrons. The zero-order valence-corrected chi connectivity index (χ0v) is 18.5. The minimum atomic E-state index is -0.477. The molecule has 32 heavy (non-hydrogen) atoms. The van der Waals surface area contributed by atoms with E-state index in [-0.39, 0.29) is 6.09 Å². The Balaban J connectivity index is 1.32. The van der Waals surface area contributed by atoms with E-state index >= 15 is 0 Å².